The van der Waals surface area contributed by atoms with Gasteiger partial charge < -0.3 is 14.7 Å². The number of ketones is 1. The van der Waals surface area contributed by atoms with Gasteiger partial charge in [-0.3, -0.25) is 9.59 Å². The van der Waals surface area contributed by atoms with E-state index in [-0.39, 0.29) is 24.5 Å². The lowest BCUT2D eigenvalue weighted by atomic mass is 10.1. The van der Waals surface area contributed by atoms with Crippen molar-refractivity contribution in [3.8, 4) is 0 Å². The van der Waals surface area contributed by atoms with Gasteiger partial charge in [0.2, 0.25) is 5.91 Å². The van der Waals surface area contributed by atoms with Crippen LogP contribution in [-0.4, -0.2) is 23.2 Å². The lowest BCUT2D eigenvalue weighted by molar-refractivity contribution is -0.121. The molecule has 0 aliphatic carbocycles. The average Bonchev–Trinajstić information content (AvgIpc) is 3.23. The predicted octanol–water partition coefficient (Wildman–Crippen LogP) is 3.08. The van der Waals surface area contributed by atoms with Crippen molar-refractivity contribution in [2.75, 3.05) is 6.54 Å². The zero-order valence-electron chi connectivity index (χ0n) is 12.7. The molecule has 0 unspecified atom stereocenters. The minimum absolute atomic E-state index is 0.121. The number of carbonyl (C=O) groups is 2. The third-order valence-corrected chi connectivity index (χ3v) is 3.77. The van der Waals surface area contributed by atoms with Crippen molar-refractivity contribution in [2.24, 2.45) is 0 Å². The monoisotopic (exact) mass is 310 g/mol. The Morgan fingerprint density at radius 3 is 2.78 bits per heavy atom. The molecule has 3 aromatic rings. The van der Waals surface area contributed by atoms with Crippen LogP contribution in [0.2, 0.25) is 0 Å². The fraction of sp³-hybridized carbons (Fsp3) is 0.222. The molecule has 0 atom stereocenters. The molecule has 1 aromatic carbocycles. The van der Waals surface area contributed by atoms with E-state index in [1.54, 1.807) is 12.1 Å². The van der Waals surface area contributed by atoms with Crippen molar-refractivity contribution in [1.82, 2.24) is 10.3 Å². The highest BCUT2D eigenvalue weighted by molar-refractivity contribution is 5.95. The zero-order valence-corrected chi connectivity index (χ0v) is 12.7. The van der Waals surface area contributed by atoms with Gasteiger partial charge in [0.25, 0.3) is 0 Å². The standard InChI is InChI=1S/C18H18N2O3/c21-16(17-6-3-11-23-17)7-8-18(22)19-10-9-13-12-20-15-5-2-1-4-14(13)15/h1-6,11-12,20H,7-10H2,(H,19,22). The van der Waals surface area contributed by atoms with Crippen molar-refractivity contribution in [2.45, 2.75) is 19.3 Å². The number of hydrogen-bond acceptors (Lipinski definition) is 3. The zero-order chi connectivity index (χ0) is 16.1. The SMILES string of the molecule is O=C(CCC(=O)c1ccco1)NCCc1c[nH]c2ccccc12. The Labute approximate surface area is 133 Å². The fourth-order valence-electron chi connectivity index (χ4n) is 2.55. The second-order valence-electron chi connectivity index (χ2n) is 5.36. The normalized spacial score (nSPS) is 10.8. The van der Waals surface area contributed by atoms with E-state index in [0.717, 1.165) is 11.9 Å². The van der Waals surface area contributed by atoms with Crippen LogP contribution < -0.4 is 5.32 Å². The second kappa shape index (κ2) is 6.96. The number of fused-ring (bicyclic) bond motifs is 1. The lowest BCUT2D eigenvalue weighted by Gasteiger charge is -2.04. The van der Waals surface area contributed by atoms with E-state index < -0.39 is 0 Å². The molecule has 0 aliphatic heterocycles. The summed E-state index contributed by atoms with van der Waals surface area (Å²) in [5, 5.41) is 4.03. The number of hydrogen-bond donors (Lipinski definition) is 2. The van der Waals surface area contributed by atoms with Gasteiger partial charge in [-0.05, 0) is 30.2 Å². The number of para-hydroxylation sites is 1. The van der Waals surface area contributed by atoms with Crippen LogP contribution >= 0.6 is 0 Å². The number of carbonyl (C=O) groups excluding carboxylic acids is 2. The molecule has 0 radical (unpaired) electrons. The highest BCUT2D eigenvalue weighted by atomic mass is 16.3. The van der Waals surface area contributed by atoms with Gasteiger partial charge >= 0.3 is 0 Å². The van der Waals surface area contributed by atoms with E-state index in [0.29, 0.717) is 12.3 Å². The Bertz CT molecular complexity index is 803. The number of Topliss-reactive ketones (excluding diaryl/α,β-unsaturated/α-hetero) is 1. The molecule has 0 fully saturated rings. The average molecular weight is 310 g/mol. The van der Waals surface area contributed by atoms with E-state index in [4.69, 9.17) is 4.42 Å². The molecule has 5 heteroatoms. The molecule has 2 heterocycles. The molecule has 0 bridgehead atoms. The summed E-state index contributed by atoms with van der Waals surface area (Å²) in [7, 11) is 0. The minimum atomic E-state index is -0.151. The number of rotatable bonds is 7. The molecular formula is C18H18N2O3. The van der Waals surface area contributed by atoms with Crippen molar-refractivity contribution >= 4 is 22.6 Å². The third kappa shape index (κ3) is 3.69. The number of amides is 1. The first-order valence-electron chi connectivity index (χ1n) is 7.62. The highest BCUT2D eigenvalue weighted by Gasteiger charge is 2.11. The predicted molar refractivity (Wildman–Crippen MR) is 87.3 cm³/mol. The maximum absolute atomic E-state index is 11.8. The van der Waals surface area contributed by atoms with Crippen LogP contribution in [0.4, 0.5) is 0 Å². The van der Waals surface area contributed by atoms with Crippen LogP contribution in [0.5, 0.6) is 0 Å². The van der Waals surface area contributed by atoms with Crippen LogP contribution in [-0.2, 0) is 11.2 Å². The first kappa shape index (κ1) is 15.1. The third-order valence-electron chi connectivity index (χ3n) is 3.77. The lowest BCUT2D eigenvalue weighted by Crippen LogP contribution is -2.26. The topological polar surface area (TPSA) is 75.1 Å². The van der Waals surface area contributed by atoms with E-state index in [1.807, 2.05) is 24.4 Å². The number of benzene rings is 1. The largest absolute Gasteiger partial charge is 0.461 e. The molecule has 5 nitrogen and oxygen atoms in total. The molecule has 2 N–H and O–H groups in total. The van der Waals surface area contributed by atoms with Crippen molar-refractivity contribution in [3.05, 3.63) is 60.2 Å². The molecule has 2 aromatic heterocycles. The Hall–Kier alpha value is -2.82. The second-order valence-corrected chi connectivity index (χ2v) is 5.36. The number of nitrogens with one attached hydrogen (secondary N) is 2. The molecule has 0 saturated heterocycles. The number of H-pyrrole nitrogens is 1. The molecule has 0 spiro atoms. The highest BCUT2D eigenvalue weighted by Crippen LogP contribution is 2.17. The Morgan fingerprint density at radius 1 is 1.09 bits per heavy atom. The van der Waals surface area contributed by atoms with E-state index >= 15 is 0 Å². The minimum Gasteiger partial charge on any atom is -0.461 e. The summed E-state index contributed by atoms with van der Waals surface area (Å²) in [5.41, 5.74) is 2.27. The Kier molecular flexibility index (Phi) is 4.57. The molecule has 3 rings (SSSR count). The van der Waals surface area contributed by atoms with Gasteiger partial charge in [-0.25, -0.2) is 0 Å². The van der Waals surface area contributed by atoms with E-state index in [1.165, 1.54) is 17.2 Å². The maximum atomic E-state index is 11.8. The van der Waals surface area contributed by atoms with Gasteiger partial charge in [0.15, 0.2) is 11.5 Å². The van der Waals surface area contributed by atoms with E-state index in [2.05, 4.69) is 16.4 Å². The molecule has 23 heavy (non-hydrogen) atoms. The summed E-state index contributed by atoms with van der Waals surface area (Å²) in [6, 6.07) is 11.3. The van der Waals surface area contributed by atoms with Gasteiger partial charge in [0, 0.05) is 36.5 Å². The summed E-state index contributed by atoms with van der Waals surface area (Å²) in [5.74, 6) is 0.0307. The van der Waals surface area contributed by atoms with Crippen LogP contribution in [0.3, 0.4) is 0 Å². The van der Waals surface area contributed by atoms with Crippen LogP contribution in [0.25, 0.3) is 10.9 Å². The van der Waals surface area contributed by atoms with Gasteiger partial charge in [-0.1, -0.05) is 18.2 Å². The maximum Gasteiger partial charge on any atom is 0.220 e. The van der Waals surface area contributed by atoms with Gasteiger partial charge in [-0.15, -0.1) is 0 Å². The summed E-state index contributed by atoms with van der Waals surface area (Å²) in [6.07, 6.45) is 4.51. The van der Waals surface area contributed by atoms with Gasteiger partial charge in [0.1, 0.15) is 0 Å². The summed E-state index contributed by atoms with van der Waals surface area (Å²) >= 11 is 0. The molecular weight excluding hydrogens is 292 g/mol. The van der Waals surface area contributed by atoms with E-state index in [9.17, 15) is 9.59 Å². The summed E-state index contributed by atoms with van der Waals surface area (Å²) in [4.78, 5) is 26.8. The molecule has 0 saturated carbocycles. The first-order chi connectivity index (χ1) is 11.2. The summed E-state index contributed by atoms with van der Waals surface area (Å²) in [6.45, 7) is 0.551. The molecule has 0 aliphatic rings. The Balaban J connectivity index is 1.43. The quantitative estimate of drug-likeness (QED) is 0.658. The number of aromatic amines is 1. The number of aromatic nitrogens is 1. The van der Waals surface area contributed by atoms with Crippen molar-refractivity contribution < 1.29 is 14.0 Å². The van der Waals surface area contributed by atoms with Gasteiger partial charge in [-0.2, -0.15) is 0 Å². The number of furan rings is 1. The van der Waals surface area contributed by atoms with Crippen LogP contribution in [0, 0.1) is 0 Å². The van der Waals surface area contributed by atoms with Crippen molar-refractivity contribution in [1.29, 1.82) is 0 Å². The first-order valence-corrected chi connectivity index (χ1v) is 7.62. The molecule has 1 amide bonds. The Morgan fingerprint density at radius 2 is 1.96 bits per heavy atom. The summed E-state index contributed by atoms with van der Waals surface area (Å²) < 4.78 is 5.01. The fourth-order valence-corrected chi connectivity index (χ4v) is 2.55. The van der Waals surface area contributed by atoms with Crippen LogP contribution in [0.15, 0.2) is 53.3 Å². The van der Waals surface area contributed by atoms with Crippen LogP contribution in [0.1, 0.15) is 29.0 Å². The smallest absolute Gasteiger partial charge is 0.220 e. The van der Waals surface area contributed by atoms with Crippen molar-refractivity contribution in [3.63, 3.8) is 0 Å². The molecule has 118 valence electrons. The van der Waals surface area contributed by atoms with Gasteiger partial charge in [0.05, 0.1) is 6.26 Å².